The Bertz CT molecular complexity index is 507. The highest BCUT2D eigenvalue weighted by molar-refractivity contribution is 5.14. The zero-order chi connectivity index (χ0) is 11.9. The fourth-order valence-corrected chi connectivity index (χ4v) is 1.59. The summed E-state index contributed by atoms with van der Waals surface area (Å²) >= 11 is 0. The molecule has 0 aliphatic carbocycles. The van der Waals surface area contributed by atoms with Gasteiger partial charge in [-0.3, -0.25) is 4.57 Å². The molecule has 88 valence electrons. The third kappa shape index (κ3) is 3.53. The van der Waals surface area contributed by atoms with E-state index in [1.165, 1.54) is 11.8 Å². The summed E-state index contributed by atoms with van der Waals surface area (Å²) in [7, 11) is 0. The van der Waals surface area contributed by atoms with Crippen molar-refractivity contribution >= 4 is 0 Å². The summed E-state index contributed by atoms with van der Waals surface area (Å²) in [5, 5.41) is 3.29. The summed E-state index contributed by atoms with van der Waals surface area (Å²) in [6.07, 6.45) is 3.26. The number of aromatic nitrogens is 2. The van der Waals surface area contributed by atoms with E-state index < -0.39 is 0 Å². The predicted molar refractivity (Wildman–Crippen MR) is 66.6 cm³/mol. The van der Waals surface area contributed by atoms with Crippen molar-refractivity contribution in [3.05, 3.63) is 64.8 Å². The zero-order valence-corrected chi connectivity index (χ0v) is 9.54. The van der Waals surface area contributed by atoms with Gasteiger partial charge in [0.1, 0.15) is 0 Å². The van der Waals surface area contributed by atoms with Crippen LogP contribution >= 0.6 is 0 Å². The van der Waals surface area contributed by atoms with Gasteiger partial charge < -0.3 is 5.32 Å². The van der Waals surface area contributed by atoms with Gasteiger partial charge in [-0.05, 0) is 11.6 Å². The van der Waals surface area contributed by atoms with Gasteiger partial charge in [0, 0.05) is 32.0 Å². The molecule has 0 radical (unpaired) electrons. The molecule has 0 atom stereocenters. The first kappa shape index (κ1) is 11.5. The Balaban J connectivity index is 1.78. The van der Waals surface area contributed by atoms with E-state index in [-0.39, 0.29) is 5.69 Å². The van der Waals surface area contributed by atoms with E-state index in [1.807, 2.05) is 18.2 Å². The molecule has 0 aliphatic heterocycles. The average Bonchev–Trinajstić information content (AvgIpc) is 2.38. The van der Waals surface area contributed by atoms with Crippen molar-refractivity contribution in [2.24, 2.45) is 0 Å². The third-order valence-electron chi connectivity index (χ3n) is 2.48. The van der Waals surface area contributed by atoms with Gasteiger partial charge in [0.2, 0.25) is 0 Å². The lowest BCUT2D eigenvalue weighted by atomic mass is 10.2. The second-order valence-corrected chi connectivity index (χ2v) is 3.76. The summed E-state index contributed by atoms with van der Waals surface area (Å²) in [5.41, 5.74) is 1.04. The summed E-state index contributed by atoms with van der Waals surface area (Å²) in [6, 6.07) is 11.9. The number of rotatable bonds is 5. The number of nitrogens with zero attached hydrogens (tertiary/aromatic N) is 2. The van der Waals surface area contributed by atoms with Crippen LogP contribution in [0.4, 0.5) is 0 Å². The smallest absolute Gasteiger partial charge is 0.311 e. The summed E-state index contributed by atoms with van der Waals surface area (Å²) < 4.78 is 1.60. The molecule has 1 aromatic heterocycles. The Labute approximate surface area is 99.9 Å². The van der Waals surface area contributed by atoms with Crippen molar-refractivity contribution in [1.29, 1.82) is 0 Å². The molecule has 1 aromatic carbocycles. The van der Waals surface area contributed by atoms with Crippen molar-refractivity contribution in [3.63, 3.8) is 0 Å². The highest BCUT2D eigenvalue weighted by atomic mass is 16.1. The molecular formula is C13H15N3O. The van der Waals surface area contributed by atoms with Gasteiger partial charge in [0.25, 0.3) is 0 Å². The van der Waals surface area contributed by atoms with E-state index in [0.29, 0.717) is 6.54 Å². The molecule has 4 heteroatoms. The van der Waals surface area contributed by atoms with Gasteiger partial charge in [-0.1, -0.05) is 30.3 Å². The second-order valence-electron chi connectivity index (χ2n) is 3.76. The largest absolute Gasteiger partial charge is 0.347 e. The van der Waals surface area contributed by atoms with Crippen LogP contribution in [-0.4, -0.2) is 16.1 Å². The van der Waals surface area contributed by atoms with Crippen molar-refractivity contribution < 1.29 is 0 Å². The SMILES string of the molecule is O=c1ncccn1CCNCc1ccccc1. The fraction of sp³-hybridized carbons (Fsp3) is 0.231. The predicted octanol–water partition coefficient (Wildman–Crippen LogP) is 1.03. The van der Waals surface area contributed by atoms with Crippen LogP contribution in [0, 0.1) is 0 Å². The molecular weight excluding hydrogens is 214 g/mol. The quantitative estimate of drug-likeness (QED) is 0.779. The molecule has 4 nitrogen and oxygen atoms in total. The molecule has 0 fully saturated rings. The minimum atomic E-state index is -0.200. The maximum atomic E-state index is 11.3. The van der Waals surface area contributed by atoms with Crippen LogP contribution in [0.25, 0.3) is 0 Å². The van der Waals surface area contributed by atoms with Crippen LogP contribution in [0.2, 0.25) is 0 Å². The molecule has 2 rings (SSSR count). The molecule has 0 saturated heterocycles. The summed E-state index contributed by atoms with van der Waals surface area (Å²) in [5.74, 6) is 0. The molecule has 0 unspecified atom stereocenters. The lowest BCUT2D eigenvalue weighted by Gasteiger charge is -2.06. The lowest BCUT2D eigenvalue weighted by Crippen LogP contribution is -2.27. The van der Waals surface area contributed by atoms with E-state index in [4.69, 9.17) is 0 Å². The number of benzene rings is 1. The average molecular weight is 229 g/mol. The number of hydrogen-bond donors (Lipinski definition) is 1. The van der Waals surface area contributed by atoms with Crippen LogP contribution in [0.15, 0.2) is 53.6 Å². The van der Waals surface area contributed by atoms with Gasteiger partial charge in [0.05, 0.1) is 0 Å². The van der Waals surface area contributed by atoms with Crippen LogP contribution in [-0.2, 0) is 13.1 Å². The van der Waals surface area contributed by atoms with E-state index >= 15 is 0 Å². The highest BCUT2D eigenvalue weighted by Gasteiger charge is 1.94. The van der Waals surface area contributed by atoms with Crippen molar-refractivity contribution in [1.82, 2.24) is 14.9 Å². The van der Waals surface area contributed by atoms with Crippen molar-refractivity contribution in [2.75, 3.05) is 6.54 Å². The van der Waals surface area contributed by atoms with Crippen LogP contribution < -0.4 is 11.0 Å². The van der Waals surface area contributed by atoms with Gasteiger partial charge >= 0.3 is 5.69 Å². The highest BCUT2D eigenvalue weighted by Crippen LogP contribution is 1.96. The van der Waals surface area contributed by atoms with E-state index in [0.717, 1.165) is 13.1 Å². The Morgan fingerprint density at radius 3 is 2.76 bits per heavy atom. The Morgan fingerprint density at radius 2 is 2.00 bits per heavy atom. The molecule has 1 heterocycles. The van der Waals surface area contributed by atoms with E-state index in [2.05, 4.69) is 22.4 Å². The topological polar surface area (TPSA) is 46.9 Å². The van der Waals surface area contributed by atoms with E-state index in [9.17, 15) is 4.79 Å². The molecule has 0 aliphatic rings. The first-order chi connectivity index (χ1) is 8.36. The standard InChI is InChI=1S/C13H15N3O/c17-13-15-7-4-9-16(13)10-8-14-11-12-5-2-1-3-6-12/h1-7,9,14H,8,10-11H2. The van der Waals surface area contributed by atoms with Gasteiger partial charge in [-0.2, -0.15) is 0 Å². The maximum Gasteiger partial charge on any atom is 0.347 e. The summed E-state index contributed by atoms with van der Waals surface area (Å²) in [6.45, 7) is 2.20. The molecule has 1 N–H and O–H groups in total. The van der Waals surface area contributed by atoms with Crippen molar-refractivity contribution in [3.8, 4) is 0 Å². The van der Waals surface area contributed by atoms with Gasteiger partial charge in [-0.25, -0.2) is 9.78 Å². The number of hydrogen-bond acceptors (Lipinski definition) is 3. The zero-order valence-electron chi connectivity index (χ0n) is 9.54. The monoisotopic (exact) mass is 229 g/mol. The van der Waals surface area contributed by atoms with Gasteiger partial charge in [-0.15, -0.1) is 0 Å². The first-order valence-electron chi connectivity index (χ1n) is 5.62. The summed E-state index contributed by atoms with van der Waals surface area (Å²) in [4.78, 5) is 15.0. The molecule has 2 aromatic rings. The Morgan fingerprint density at radius 1 is 1.18 bits per heavy atom. The molecule has 0 amide bonds. The Hall–Kier alpha value is -1.94. The molecule has 0 bridgehead atoms. The normalized spacial score (nSPS) is 10.4. The van der Waals surface area contributed by atoms with Crippen LogP contribution in [0.3, 0.4) is 0 Å². The fourth-order valence-electron chi connectivity index (χ4n) is 1.59. The molecule has 0 saturated carbocycles. The minimum absolute atomic E-state index is 0.200. The molecule has 17 heavy (non-hydrogen) atoms. The number of nitrogens with one attached hydrogen (secondary N) is 1. The van der Waals surface area contributed by atoms with Crippen LogP contribution in [0.1, 0.15) is 5.56 Å². The van der Waals surface area contributed by atoms with E-state index in [1.54, 1.807) is 16.8 Å². The van der Waals surface area contributed by atoms with Gasteiger partial charge in [0.15, 0.2) is 0 Å². The lowest BCUT2D eigenvalue weighted by molar-refractivity contribution is 0.576. The van der Waals surface area contributed by atoms with Crippen LogP contribution in [0.5, 0.6) is 0 Å². The molecule has 0 spiro atoms. The second kappa shape index (κ2) is 5.96. The first-order valence-corrected chi connectivity index (χ1v) is 5.62. The minimum Gasteiger partial charge on any atom is -0.311 e. The third-order valence-corrected chi connectivity index (χ3v) is 2.48. The maximum absolute atomic E-state index is 11.3. The Kier molecular flexibility index (Phi) is 4.05. The van der Waals surface area contributed by atoms with Crippen molar-refractivity contribution in [2.45, 2.75) is 13.1 Å².